The number of carbonyl (C=O) groups excluding carboxylic acids is 1. The number of aromatic nitrogens is 4. The SMILES string of the molecule is Cc1ccc(S(=O)(=O)N2CCC[C@@H](Nc3ncc4nc(Nc5c(F)cc(C#N)cc5Cl)n([C@H]5CC[C@H](C(N)=O)CC5)c4n3)C2)cc1. The molecule has 1 aliphatic heterocycles. The van der Waals surface area contributed by atoms with Crippen molar-refractivity contribution in [1.29, 1.82) is 5.26 Å². The Balaban J connectivity index is 1.30. The maximum absolute atomic E-state index is 15.0. The molecule has 1 saturated heterocycles. The Kier molecular flexibility index (Phi) is 8.82. The van der Waals surface area contributed by atoms with Crippen LogP contribution in [0.3, 0.4) is 0 Å². The summed E-state index contributed by atoms with van der Waals surface area (Å²) in [5.74, 6) is -0.699. The lowest BCUT2D eigenvalue weighted by molar-refractivity contribution is -0.122. The number of nitrogens with zero attached hydrogens (tertiary/aromatic N) is 6. The van der Waals surface area contributed by atoms with Crippen LogP contribution >= 0.6 is 11.6 Å². The molecule has 1 aliphatic carbocycles. The van der Waals surface area contributed by atoms with E-state index in [9.17, 15) is 18.5 Å². The van der Waals surface area contributed by atoms with Crippen molar-refractivity contribution >= 4 is 56.3 Å². The molecule has 4 aromatic rings. The van der Waals surface area contributed by atoms with E-state index in [0.717, 1.165) is 18.1 Å². The number of primary amides is 1. The number of fused-ring (bicyclic) bond motifs is 1. The van der Waals surface area contributed by atoms with E-state index < -0.39 is 15.8 Å². The highest BCUT2D eigenvalue weighted by atomic mass is 35.5. The molecule has 15 heteroatoms. The molecule has 1 amide bonds. The summed E-state index contributed by atoms with van der Waals surface area (Å²) in [6, 6.07) is 10.8. The van der Waals surface area contributed by atoms with Gasteiger partial charge in [-0.05, 0) is 69.7 Å². The molecule has 6 rings (SSSR count). The fourth-order valence-electron chi connectivity index (χ4n) is 6.20. The lowest BCUT2D eigenvalue weighted by Crippen LogP contribution is -2.45. The molecule has 2 aliphatic rings. The van der Waals surface area contributed by atoms with E-state index in [1.165, 1.54) is 10.4 Å². The van der Waals surface area contributed by atoms with Crippen molar-refractivity contribution in [3.05, 3.63) is 64.6 Å². The number of aryl methyl sites for hydroxylation is 1. The van der Waals surface area contributed by atoms with Crippen molar-refractivity contribution in [3.8, 4) is 6.07 Å². The van der Waals surface area contributed by atoms with Gasteiger partial charge in [0.05, 0.1) is 33.4 Å². The Morgan fingerprint density at radius 1 is 1.13 bits per heavy atom. The summed E-state index contributed by atoms with van der Waals surface area (Å²) in [7, 11) is -3.67. The standard InChI is InChI=1S/C31H33ClFN9O3S/c1-18-4-10-23(11-5-18)46(44,45)41-12-2-3-21(17-41)37-30-36-16-26-29(40-30)42(22-8-6-20(7-9-22)28(35)43)31(38-26)39-27-24(32)13-19(15-34)14-25(27)33/h4-5,10-11,13-14,16,20-22H,2-3,6-9,12,17H2,1H3,(H2,35,43)(H,38,39)(H,36,37,40)/t20-,21-,22-/m1/s1. The normalized spacial score (nSPS) is 20.7. The fraction of sp³-hybridized carbons (Fsp3) is 0.387. The lowest BCUT2D eigenvalue weighted by atomic mass is 9.85. The maximum atomic E-state index is 15.0. The van der Waals surface area contributed by atoms with Crippen LogP contribution in [0.5, 0.6) is 0 Å². The maximum Gasteiger partial charge on any atom is 0.243 e. The smallest absolute Gasteiger partial charge is 0.243 e. The van der Waals surface area contributed by atoms with Crippen LogP contribution in [-0.2, 0) is 14.8 Å². The highest BCUT2D eigenvalue weighted by molar-refractivity contribution is 7.89. The number of halogens is 2. The molecule has 2 fully saturated rings. The molecular weight excluding hydrogens is 633 g/mol. The number of nitrogens with one attached hydrogen (secondary N) is 2. The number of benzene rings is 2. The predicted octanol–water partition coefficient (Wildman–Crippen LogP) is 5.02. The number of nitrogens with two attached hydrogens (primary N) is 1. The zero-order valence-electron chi connectivity index (χ0n) is 25.1. The number of rotatable bonds is 8. The van der Waals surface area contributed by atoms with Gasteiger partial charge >= 0.3 is 0 Å². The first-order valence-corrected chi connectivity index (χ1v) is 16.9. The number of hydrogen-bond donors (Lipinski definition) is 3. The van der Waals surface area contributed by atoms with Crippen molar-refractivity contribution in [2.24, 2.45) is 11.7 Å². The number of nitriles is 1. The summed E-state index contributed by atoms with van der Waals surface area (Å²) in [5.41, 5.74) is 7.53. The molecule has 12 nitrogen and oxygen atoms in total. The van der Waals surface area contributed by atoms with Crippen LogP contribution in [-0.4, -0.2) is 57.3 Å². The van der Waals surface area contributed by atoms with E-state index in [-0.39, 0.29) is 57.6 Å². The van der Waals surface area contributed by atoms with Crippen molar-refractivity contribution in [1.82, 2.24) is 23.8 Å². The van der Waals surface area contributed by atoms with Crippen LogP contribution in [0.1, 0.15) is 55.7 Å². The monoisotopic (exact) mass is 665 g/mol. The molecule has 2 aromatic heterocycles. The topological polar surface area (TPSA) is 172 Å². The summed E-state index contributed by atoms with van der Waals surface area (Å²) in [5, 5.41) is 15.5. The van der Waals surface area contributed by atoms with Gasteiger partial charge in [-0.25, -0.2) is 22.8 Å². The minimum absolute atomic E-state index is 0.0171. The van der Waals surface area contributed by atoms with E-state index in [1.54, 1.807) is 30.5 Å². The van der Waals surface area contributed by atoms with Crippen molar-refractivity contribution in [2.45, 2.75) is 62.4 Å². The van der Waals surface area contributed by atoms with Crippen molar-refractivity contribution < 1.29 is 17.6 Å². The summed E-state index contributed by atoms with van der Waals surface area (Å²) in [6.07, 6.45) is 5.32. The molecule has 0 spiro atoms. The van der Waals surface area contributed by atoms with E-state index in [4.69, 9.17) is 22.3 Å². The van der Waals surface area contributed by atoms with Gasteiger partial charge in [-0.2, -0.15) is 14.6 Å². The molecule has 2 aromatic carbocycles. The van der Waals surface area contributed by atoms with Crippen LogP contribution in [0.2, 0.25) is 5.02 Å². The quantitative estimate of drug-likeness (QED) is 0.234. The summed E-state index contributed by atoms with van der Waals surface area (Å²) in [4.78, 5) is 26.0. The second-order valence-corrected chi connectivity index (χ2v) is 14.2. The number of carbonyl (C=O) groups is 1. The van der Waals surface area contributed by atoms with Gasteiger partial charge in [0.15, 0.2) is 5.65 Å². The molecule has 240 valence electrons. The second kappa shape index (κ2) is 12.8. The summed E-state index contributed by atoms with van der Waals surface area (Å²) in [6.45, 7) is 2.57. The third-order valence-corrected chi connectivity index (χ3v) is 10.9. The minimum atomic E-state index is -3.67. The number of anilines is 3. The molecule has 0 radical (unpaired) electrons. The van der Waals surface area contributed by atoms with Crippen LogP contribution in [0.4, 0.5) is 22.0 Å². The number of hydrogen-bond acceptors (Lipinski definition) is 9. The van der Waals surface area contributed by atoms with Gasteiger partial charge in [-0.3, -0.25) is 9.36 Å². The molecule has 0 bridgehead atoms. The predicted molar refractivity (Wildman–Crippen MR) is 172 cm³/mol. The van der Waals surface area contributed by atoms with Gasteiger partial charge in [0.1, 0.15) is 11.3 Å². The molecule has 0 unspecified atom stereocenters. The van der Waals surface area contributed by atoms with Crippen LogP contribution in [0.25, 0.3) is 11.2 Å². The Hall–Kier alpha value is -4.32. The Labute approximate surface area is 270 Å². The first-order valence-electron chi connectivity index (χ1n) is 15.1. The largest absolute Gasteiger partial charge is 0.369 e. The summed E-state index contributed by atoms with van der Waals surface area (Å²) >= 11 is 6.35. The fourth-order valence-corrected chi connectivity index (χ4v) is 7.98. The number of piperidine rings is 1. The van der Waals surface area contributed by atoms with E-state index >= 15 is 4.39 Å². The zero-order valence-corrected chi connectivity index (χ0v) is 26.7. The number of imidazole rings is 1. The summed E-state index contributed by atoms with van der Waals surface area (Å²) < 4.78 is 45.1. The highest BCUT2D eigenvalue weighted by Gasteiger charge is 2.32. The molecule has 1 atom stereocenters. The first kappa shape index (κ1) is 31.7. The van der Waals surface area contributed by atoms with Gasteiger partial charge in [-0.15, -0.1) is 0 Å². The van der Waals surface area contributed by atoms with Gasteiger partial charge in [0.2, 0.25) is 27.8 Å². The zero-order chi connectivity index (χ0) is 32.6. The third-order valence-electron chi connectivity index (χ3n) is 8.68. The van der Waals surface area contributed by atoms with E-state index in [2.05, 4.69) is 20.6 Å². The van der Waals surface area contributed by atoms with Gasteiger partial charge in [0.25, 0.3) is 0 Å². The first-order chi connectivity index (χ1) is 22.0. The molecule has 4 N–H and O–H groups in total. The minimum Gasteiger partial charge on any atom is -0.369 e. The average molecular weight is 666 g/mol. The molecule has 46 heavy (non-hydrogen) atoms. The lowest BCUT2D eigenvalue weighted by Gasteiger charge is -2.32. The second-order valence-electron chi connectivity index (χ2n) is 11.8. The van der Waals surface area contributed by atoms with Crippen molar-refractivity contribution in [2.75, 3.05) is 23.7 Å². The Morgan fingerprint density at radius 2 is 1.87 bits per heavy atom. The van der Waals surface area contributed by atoms with E-state index in [1.807, 2.05) is 17.6 Å². The average Bonchev–Trinajstić information content (AvgIpc) is 3.40. The number of sulfonamides is 1. The number of amides is 1. The van der Waals surface area contributed by atoms with Gasteiger partial charge < -0.3 is 16.4 Å². The van der Waals surface area contributed by atoms with Crippen LogP contribution < -0.4 is 16.4 Å². The van der Waals surface area contributed by atoms with Crippen molar-refractivity contribution in [3.63, 3.8) is 0 Å². The molecular formula is C31H33ClFN9O3S. The van der Waals surface area contributed by atoms with Gasteiger partial charge in [-0.1, -0.05) is 29.3 Å². The highest BCUT2D eigenvalue weighted by Crippen LogP contribution is 2.38. The molecule has 3 heterocycles. The Bertz CT molecular complexity index is 1910. The third kappa shape index (κ3) is 6.35. The van der Waals surface area contributed by atoms with Crippen LogP contribution in [0, 0.1) is 30.0 Å². The molecule has 1 saturated carbocycles. The van der Waals surface area contributed by atoms with E-state index in [0.29, 0.717) is 55.8 Å². The van der Waals surface area contributed by atoms with Gasteiger partial charge in [0, 0.05) is 31.1 Å². The Morgan fingerprint density at radius 3 is 2.54 bits per heavy atom. The van der Waals surface area contributed by atoms with Crippen LogP contribution in [0.15, 0.2) is 47.5 Å².